The van der Waals surface area contributed by atoms with Crippen molar-refractivity contribution in [3.63, 3.8) is 0 Å². The SMILES string of the molecule is FC(F)(F)n1cc2c(n1)[C@H](CCC1CCCCC1)n1cncc1-2. The maximum Gasteiger partial charge on any atom is 0.504 e. The summed E-state index contributed by atoms with van der Waals surface area (Å²) in [6.45, 7) is 0. The molecule has 1 fully saturated rings. The summed E-state index contributed by atoms with van der Waals surface area (Å²) >= 11 is 0. The summed E-state index contributed by atoms with van der Waals surface area (Å²) in [5, 5.41) is 3.84. The van der Waals surface area contributed by atoms with Crippen molar-refractivity contribution < 1.29 is 13.2 Å². The molecule has 4 rings (SSSR count). The van der Waals surface area contributed by atoms with Gasteiger partial charge < -0.3 is 4.57 Å². The first kappa shape index (κ1) is 14.8. The molecule has 0 bridgehead atoms. The molecule has 3 heterocycles. The Hall–Kier alpha value is -1.79. The summed E-state index contributed by atoms with van der Waals surface area (Å²) in [4.78, 5) is 4.10. The fraction of sp³-hybridized carbons (Fsp3) is 0.625. The van der Waals surface area contributed by atoms with Crippen molar-refractivity contribution in [3.8, 4) is 11.3 Å². The van der Waals surface area contributed by atoms with Crippen molar-refractivity contribution in [3.05, 3.63) is 24.4 Å². The van der Waals surface area contributed by atoms with Gasteiger partial charge in [0, 0.05) is 11.8 Å². The molecule has 2 aromatic heterocycles. The summed E-state index contributed by atoms with van der Waals surface area (Å²) < 4.78 is 40.9. The Kier molecular flexibility index (Phi) is 3.46. The van der Waals surface area contributed by atoms with Crippen molar-refractivity contribution in [1.29, 1.82) is 0 Å². The highest BCUT2D eigenvalue weighted by atomic mass is 19.4. The van der Waals surface area contributed by atoms with E-state index in [-0.39, 0.29) is 10.7 Å². The summed E-state index contributed by atoms with van der Waals surface area (Å²) in [5.41, 5.74) is 1.84. The van der Waals surface area contributed by atoms with Crippen LogP contribution < -0.4 is 0 Å². The van der Waals surface area contributed by atoms with E-state index in [0.29, 0.717) is 17.2 Å². The summed E-state index contributed by atoms with van der Waals surface area (Å²) in [5.74, 6) is 0.699. The molecule has 0 amide bonds. The molecular formula is C16H19F3N4. The van der Waals surface area contributed by atoms with Gasteiger partial charge in [0.1, 0.15) is 0 Å². The maximum atomic E-state index is 12.9. The predicted molar refractivity (Wildman–Crippen MR) is 78.7 cm³/mol. The second-order valence-corrected chi connectivity index (χ2v) is 6.62. The Labute approximate surface area is 132 Å². The van der Waals surface area contributed by atoms with Gasteiger partial charge in [0.25, 0.3) is 0 Å². The fourth-order valence-electron chi connectivity index (χ4n) is 4.00. The average Bonchev–Trinajstić information content (AvgIpc) is 3.18. The minimum atomic E-state index is -4.47. The average molecular weight is 324 g/mol. The number of nitrogens with zero attached hydrogens (tertiary/aromatic N) is 4. The molecule has 23 heavy (non-hydrogen) atoms. The van der Waals surface area contributed by atoms with Crippen LogP contribution in [-0.2, 0) is 6.30 Å². The minimum Gasteiger partial charge on any atom is -0.321 e. The molecule has 4 nitrogen and oxygen atoms in total. The predicted octanol–water partition coefficient (Wildman–Crippen LogP) is 4.49. The zero-order chi connectivity index (χ0) is 16.0. The molecule has 0 spiro atoms. The van der Waals surface area contributed by atoms with Gasteiger partial charge in [-0.2, -0.15) is 9.78 Å². The monoisotopic (exact) mass is 324 g/mol. The third kappa shape index (κ3) is 2.56. The Morgan fingerprint density at radius 1 is 1.13 bits per heavy atom. The van der Waals surface area contributed by atoms with Gasteiger partial charge >= 0.3 is 6.30 Å². The Morgan fingerprint density at radius 3 is 2.65 bits per heavy atom. The molecule has 1 aliphatic heterocycles. The number of rotatable bonds is 3. The third-order valence-corrected chi connectivity index (χ3v) is 5.17. The van der Waals surface area contributed by atoms with Gasteiger partial charge in [-0.1, -0.05) is 32.1 Å². The van der Waals surface area contributed by atoms with Crippen LogP contribution in [0.15, 0.2) is 18.7 Å². The molecular weight excluding hydrogens is 305 g/mol. The van der Waals surface area contributed by atoms with Crippen molar-refractivity contribution in [1.82, 2.24) is 19.3 Å². The summed E-state index contributed by atoms with van der Waals surface area (Å²) in [6.07, 6.45) is 8.18. The number of alkyl halides is 3. The lowest BCUT2D eigenvalue weighted by Gasteiger charge is -2.23. The quantitative estimate of drug-likeness (QED) is 0.834. The largest absolute Gasteiger partial charge is 0.504 e. The van der Waals surface area contributed by atoms with Gasteiger partial charge in [0.05, 0.1) is 30.0 Å². The second-order valence-electron chi connectivity index (χ2n) is 6.62. The number of fused-ring (bicyclic) bond motifs is 3. The Balaban J connectivity index is 1.59. The van der Waals surface area contributed by atoms with Gasteiger partial charge in [-0.3, -0.25) is 0 Å². The van der Waals surface area contributed by atoms with Crippen LogP contribution in [-0.4, -0.2) is 19.3 Å². The van der Waals surface area contributed by atoms with Gasteiger partial charge in [0.2, 0.25) is 0 Å². The molecule has 1 saturated carbocycles. The normalized spacial score (nSPS) is 21.4. The summed E-state index contributed by atoms with van der Waals surface area (Å²) in [7, 11) is 0. The topological polar surface area (TPSA) is 35.6 Å². The molecule has 0 N–H and O–H groups in total. The van der Waals surface area contributed by atoms with Gasteiger partial charge in [-0.05, 0) is 18.8 Å². The molecule has 1 aliphatic carbocycles. The number of hydrogen-bond donors (Lipinski definition) is 0. The van der Waals surface area contributed by atoms with Crippen LogP contribution in [0.5, 0.6) is 0 Å². The first-order valence-corrected chi connectivity index (χ1v) is 8.23. The van der Waals surface area contributed by atoms with E-state index in [9.17, 15) is 13.2 Å². The van der Waals surface area contributed by atoms with E-state index < -0.39 is 6.30 Å². The molecule has 2 aliphatic rings. The number of imidazole rings is 1. The van der Waals surface area contributed by atoms with Gasteiger partial charge in [-0.15, -0.1) is 13.2 Å². The van der Waals surface area contributed by atoms with E-state index in [1.165, 1.54) is 32.1 Å². The lowest BCUT2D eigenvalue weighted by Crippen LogP contribution is -2.19. The molecule has 7 heteroatoms. The van der Waals surface area contributed by atoms with E-state index in [0.717, 1.165) is 24.7 Å². The van der Waals surface area contributed by atoms with E-state index in [2.05, 4.69) is 10.1 Å². The zero-order valence-electron chi connectivity index (χ0n) is 12.8. The Bertz CT molecular complexity index is 694. The number of halogens is 3. The molecule has 0 saturated heterocycles. The first-order valence-electron chi connectivity index (χ1n) is 8.23. The van der Waals surface area contributed by atoms with Gasteiger partial charge in [0.15, 0.2) is 0 Å². The van der Waals surface area contributed by atoms with Crippen LogP contribution in [0.1, 0.15) is 56.7 Å². The lowest BCUT2D eigenvalue weighted by atomic mass is 9.85. The van der Waals surface area contributed by atoms with Crippen molar-refractivity contribution >= 4 is 0 Å². The number of hydrogen-bond acceptors (Lipinski definition) is 2. The molecule has 0 radical (unpaired) electrons. The highest BCUT2D eigenvalue weighted by molar-refractivity contribution is 5.66. The molecule has 124 valence electrons. The standard InChI is InChI=1S/C16H19F3N4/c17-16(18,19)23-9-12-14-8-20-10-22(14)13(15(12)21-23)7-6-11-4-2-1-3-5-11/h8-11,13H,1-7H2/t13-/m0/s1. The second kappa shape index (κ2) is 5.39. The first-order chi connectivity index (χ1) is 11.0. The minimum absolute atomic E-state index is 0.118. The van der Waals surface area contributed by atoms with Crippen LogP contribution in [0.25, 0.3) is 11.3 Å². The lowest BCUT2D eigenvalue weighted by molar-refractivity contribution is -0.212. The molecule has 2 aromatic rings. The van der Waals surface area contributed by atoms with Crippen molar-refractivity contribution in [2.24, 2.45) is 5.92 Å². The highest BCUT2D eigenvalue weighted by Gasteiger charge is 2.38. The van der Waals surface area contributed by atoms with Crippen molar-refractivity contribution in [2.75, 3.05) is 0 Å². The molecule has 0 aromatic carbocycles. The van der Waals surface area contributed by atoms with Gasteiger partial charge in [-0.25, -0.2) is 4.98 Å². The highest BCUT2D eigenvalue weighted by Crippen LogP contribution is 2.43. The molecule has 0 unspecified atom stereocenters. The zero-order valence-corrected chi connectivity index (χ0v) is 12.8. The van der Waals surface area contributed by atoms with E-state index in [1.54, 1.807) is 12.5 Å². The fourth-order valence-corrected chi connectivity index (χ4v) is 4.00. The van der Waals surface area contributed by atoms with Crippen LogP contribution in [0.2, 0.25) is 0 Å². The van der Waals surface area contributed by atoms with Crippen LogP contribution in [0.3, 0.4) is 0 Å². The van der Waals surface area contributed by atoms with E-state index in [1.807, 2.05) is 4.57 Å². The Morgan fingerprint density at radius 2 is 1.91 bits per heavy atom. The smallest absolute Gasteiger partial charge is 0.321 e. The van der Waals surface area contributed by atoms with Crippen LogP contribution in [0, 0.1) is 5.92 Å². The number of aromatic nitrogens is 4. The molecule has 1 atom stereocenters. The van der Waals surface area contributed by atoms with E-state index >= 15 is 0 Å². The van der Waals surface area contributed by atoms with Crippen LogP contribution >= 0.6 is 0 Å². The van der Waals surface area contributed by atoms with E-state index in [4.69, 9.17) is 0 Å². The summed E-state index contributed by atoms with van der Waals surface area (Å²) in [6, 6.07) is -0.118. The third-order valence-electron chi connectivity index (χ3n) is 5.17. The maximum absolute atomic E-state index is 12.9. The van der Waals surface area contributed by atoms with Crippen LogP contribution in [0.4, 0.5) is 13.2 Å². The van der Waals surface area contributed by atoms with Crippen molar-refractivity contribution in [2.45, 2.75) is 57.3 Å².